The number of ketones is 1. The highest BCUT2D eigenvalue weighted by molar-refractivity contribution is 7.12. The van der Waals surface area contributed by atoms with Crippen LogP contribution in [0.2, 0.25) is 0 Å². The van der Waals surface area contributed by atoms with Crippen molar-refractivity contribution in [3.63, 3.8) is 0 Å². The van der Waals surface area contributed by atoms with Gasteiger partial charge in [0.2, 0.25) is 0 Å². The lowest BCUT2D eigenvalue weighted by Crippen LogP contribution is -2.18. The predicted octanol–water partition coefficient (Wildman–Crippen LogP) is 4.33. The SMILES string of the molecule is O=C(c1cccs1)C1C=CC(/C=C/c2cccs2)=NC1. The molecule has 2 aromatic heterocycles. The maximum Gasteiger partial charge on any atom is 0.181 e. The third kappa shape index (κ3) is 3.03. The molecule has 1 aliphatic rings. The normalized spacial score (nSPS) is 18.4. The van der Waals surface area contributed by atoms with E-state index in [1.165, 1.54) is 16.2 Å². The summed E-state index contributed by atoms with van der Waals surface area (Å²) in [6.07, 6.45) is 7.94. The summed E-state index contributed by atoms with van der Waals surface area (Å²) in [6.45, 7) is 0.539. The van der Waals surface area contributed by atoms with Crippen LogP contribution in [-0.4, -0.2) is 18.0 Å². The molecule has 0 aliphatic carbocycles. The molecule has 1 unspecified atom stereocenters. The Labute approximate surface area is 125 Å². The van der Waals surface area contributed by atoms with E-state index in [1.54, 1.807) is 11.3 Å². The minimum Gasteiger partial charge on any atom is -0.293 e. The Morgan fingerprint density at radius 1 is 1.20 bits per heavy atom. The fourth-order valence-electron chi connectivity index (χ4n) is 1.97. The molecule has 0 fully saturated rings. The van der Waals surface area contributed by atoms with E-state index in [-0.39, 0.29) is 11.7 Å². The topological polar surface area (TPSA) is 29.4 Å². The molecule has 1 aliphatic heterocycles. The van der Waals surface area contributed by atoms with Crippen LogP contribution < -0.4 is 0 Å². The van der Waals surface area contributed by atoms with Crippen molar-refractivity contribution < 1.29 is 4.79 Å². The zero-order valence-corrected chi connectivity index (χ0v) is 12.4. The van der Waals surface area contributed by atoms with Crippen molar-refractivity contribution in [2.75, 3.05) is 6.54 Å². The fraction of sp³-hybridized carbons (Fsp3) is 0.125. The van der Waals surface area contributed by atoms with Gasteiger partial charge in [-0.1, -0.05) is 18.2 Å². The number of allylic oxidation sites excluding steroid dienone is 2. The third-order valence-corrected chi connectivity index (χ3v) is 4.75. The standard InChI is InChI=1S/C16H13NOS2/c18-16(15-4-2-10-20-15)12-5-6-13(17-11-12)7-8-14-3-1-9-19-14/h1-10,12H,11H2/b8-7+. The molecule has 0 amide bonds. The first-order valence-electron chi connectivity index (χ1n) is 6.35. The fourth-order valence-corrected chi connectivity index (χ4v) is 3.31. The number of hydrogen-bond donors (Lipinski definition) is 0. The van der Waals surface area contributed by atoms with Crippen molar-refractivity contribution in [1.82, 2.24) is 0 Å². The Balaban J connectivity index is 1.64. The number of Topliss-reactive ketones (excluding diaryl/α,β-unsaturated/α-hetero) is 1. The maximum absolute atomic E-state index is 12.2. The van der Waals surface area contributed by atoms with Crippen molar-refractivity contribution in [3.05, 3.63) is 63.0 Å². The van der Waals surface area contributed by atoms with E-state index in [4.69, 9.17) is 0 Å². The summed E-state index contributed by atoms with van der Waals surface area (Å²) in [7, 11) is 0. The van der Waals surface area contributed by atoms with E-state index in [0.717, 1.165) is 10.6 Å². The summed E-state index contributed by atoms with van der Waals surface area (Å²) in [5, 5.41) is 3.98. The van der Waals surface area contributed by atoms with Crippen LogP contribution in [0.4, 0.5) is 0 Å². The van der Waals surface area contributed by atoms with E-state index in [9.17, 15) is 4.79 Å². The minimum atomic E-state index is -0.118. The van der Waals surface area contributed by atoms with Gasteiger partial charge in [-0.2, -0.15) is 0 Å². The van der Waals surface area contributed by atoms with E-state index in [2.05, 4.69) is 17.1 Å². The van der Waals surface area contributed by atoms with Gasteiger partial charge >= 0.3 is 0 Å². The molecule has 0 radical (unpaired) electrons. The molecule has 0 bridgehead atoms. The summed E-state index contributed by atoms with van der Waals surface area (Å²) in [4.78, 5) is 18.7. The highest BCUT2D eigenvalue weighted by Crippen LogP contribution is 2.18. The zero-order chi connectivity index (χ0) is 13.8. The van der Waals surface area contributed by atoms with E-state index in [1.807, 2.05) is 47.2 Å². The van der Waals surface area contributed by atoms with Gasteiger partial charge in [0.25, 0.3) is 0 Å². The molecule has 4 heteroatoms. The highest BCUT2D eigenvalue weighted by atomic mass is 32.1. The molecule has 3 heterocycles. The summed E-state index contributed by atoms with van der Waals surface area (Å²) in [5.41, 5.74) is 0.925. The van der Waals surface area contributed by atoms with E-state index < -0.39 is 0 Å². The first-order valence-corrected chi connectivity index (χ1v) is 8.11. The predicted molar refractivity (Wildman–Crippen MR) is 86.9 cm³/mol. The van der Waals surface area contributed by atoms with Crippen LogP contribution in [0.3, 0.4) is 0 Å². The molecule has 3 rings (SSSR count). The third-order valence-electron chi connectivity index (χ3n) is 3.03. The summed E-state index contributed by atoms with van der Waals surface area (Å²) < 4.78 is 0. The smallest absolute Gasteiger partial charge is 0.181 e. The molecular formula is C16H13NOS2. The number of hydrogen-bond acceptors (Lipinski definition) is 4. The van der Waals surface area contributed by atoms with Crippen LogP contribution in [0.25, 0.3) is 6.08 Å². The first kappa shape index (κ1) is 13.2. The van der Waals surface area contributed by atoms with Crippen molar-refractivity contribution in [3.8, 4) is 0 Å². The number of dihydropyridines is 1. The van der Waals surface area contributed by atoms with Crippen LogP contribution in [0.1, 0.15) is 14.5 Å². The molecule has 0 saturated carbocycles. The Bertz CT molecular complexity index is 663. The number of carbonyl (C=O) groups excluding carboxylic acids is 1. The second kappa shape index (κ2) is 6.11. The number of aliphatic imine (C=N–C) groups is 1. The van der Waals surface area contributed by atoms with Crippen LogP contribution in [0.5, 0.6) is 0 Å². The van der Waals surface area contributed by atoms with Gasteiger partial charge in [0.05, 0.1) is 23.1 Å². The Morgan fingerprint density at radius 3 is 2.70 bits per heavy atom. The van der Waals surface area contributed by atoms with Crippen LogP contribution >= 0.6 is 22.7 Å². The molecule has 0 saturated heterocycles. The molecule has 2 aromatic rings. The average Bonchev–Trinajstić information content (AvgIpc) is 3.18. The first-order chi connectivity index (χ1) is 9.83. The van der Waals surface area contributed by atoms with E-state index in [0.29, 0.717) is 6.54 Å². The molecule has 2 nitrogen and oxygen atoms in total. The molecule has 20 heavy (non-hydrogen) atoms. The van der Waals surface area contributed by atoms with Crippen molar-refractivity contribution in [2.45, 2.75) is 0 Å². The lowest BCUT2D eigenvalue weighted by atomic mass is 9.99. The average molecular weight is 299 g/mol. The Morgan fingerprint density at radius 2 is 2.05 bits per heavy atom. The number of thiophene rings is 2. The summed E-state index contributed by atoms with van der Waals surface area (Å²) >= 11 is 3.19. The number of carbonyl (C=O) groups is 1. The minimum absolute atomic E-state index is 0.118. The number of nitrogens with zero attached hydrogens (tertiary/aromatic N) is 1. The zero-order valence-electron chi connectivity index (χ0n) is 10.7. The van der Waals surface area contributed by atoms with Crippen molar-refractivity contribution in [1.29, 1.82) is 0 Å². The van der Waals surface area contributed by atoms with Gasteiger partial charge < -0.3 is 0 Å². The molecule has 0 N–H and O–H groups in total. The highest BCUT2D eigenvalue weighted by Gasteiger charge is 2.19. The molecule has 0 spiro atoms. The van der Waals surface area contributed by atoms with Gasteiger partial charge in [-0.3, -0.25) is 9.79 Å². The monoisotopic (exact) mass is 299 g/mol. The maximum atomic E-state index is 12.2. The lowest BCUT2D eigenvalue weighted by molar-refractivity contribution is 0.0952. The quantitative estimate of drug-likeness (QED) is 0.773. The van der Waals surface area contributed by atoms with Gasteiger partial charge in [0, 0.05) is 4.88 Å². The summed E-state index contributed by atoms with van der Waals surface area (Å²) in [5.74, 6) is 0.0498. The van der Waals surface area contributed by atoms with Gasteiger partial charge in [0.1, 0.15) is 0 Å². The summed E-state index contributed by atoms with van der Waals surface area (Å²) in [6, 6.07) is 7.87. The largest absolute Gasteiger partial charge is 0.293 e. The molecular weight excluding hydrogens is 286 g/mol. The lowest BCUT2D eigenvalue weighted by Gasteiger charge is -2.12. The second-order valence-electron chi connectivity index (χ2n) is 4.42. The Hall–Kier alpha value is -1.78. The van der Waals surface area contributed by atoms with Crippen molar-refractivity contribution >= 4 is 40.2 Å². The van der Waals surface area contributed by atoms with Gasteiger partial charge in [-0.25, -0.2) is 0 Å². The molecule has 100 valence electrons. The van der Waals surface area contributed by atoms with E-state index >= 15 is 0 Å². The van der Waals surface area contributed by atoms with Crippen LogP contribution in [-0.2, 0) is 0 Å². The van der Waals surface area contributed by atoms with Gasteiger partial charge in [-0.15, -0.1) is 22.7 Å². The molecule has 1 atom stereocenters. The number of rotatable bonds is 4. The Kier molecular flexibility index (Phi) is 4.04. The molecule has 0 aromatic carbocycles. The van der Waals surface area contributed by atoms with Gasteiger partial charge in [0.15, 0.2) is 5.78 Å². The second-order valence-corrected chi connectivity index (χ2v) is 6.35. The van der Waals surface area contributed by atoms with Crippen molar-refractivity contribution in [2.24, 2.45) is 10.9 Å². The van der Waals surface area contributed by atoms with Crippen LogP contribution in [0.15, 0.2) is 58.2 Å². The van der Waals surface area contributed by atoms with Crippen LogP contribution in [0, 0.1) is 5.92 Å². The van der Waals surface area contributed by atoms with Gasteiger partial charge in [-0.05, 0) is 41.1 Å².